The molecular weight excluding hydrogens is 223 g/mol. The molecule has 88 valence electrons. The van der Waals surface area contributed by atoms with Crippen LogP contribution in [0.2, 0.25) is 0 Å². The van der Waals surface area contributed by atoms with Crippen molar-refractivity contribution in [3.8, 4) is 11.3 Å². The zero-order chi connectivity index (χ0) is 12.4. The maximum absolute atomic E-state index is 13.1. The first kappa shape index (κ1) is 11.3. The lowest BCUT2D eigenvalue weighted by molar-refractivity contribution is 0.0601. The van der Waals surface area contributed by atoms with Crippen LogP contribution < -0.4 is 0 Å². The minimum Gasteiger partial charge on any atom is -0.465 e. The zero-order valence-electron chi connectivity index (χ0n) is 9.45. The van der Waals surface area contributed by atoms with E-state index in [1.807, 2.05) is 0 Å². The predicted molar refractivity (Wildman–Crippen MR) is 60.1 cm³/mol. The van der Waals surface area contributed by atoms with Gasteiger partial charge in [0, 0.05) is 11.3 Å². The van der Waals surface area contributed by atoms with Crippen molar-refractivity contribution in [2.45, 2.75) is 6.92 Å². The summed E-state index contributed by atoms with van der Waals surface area (Å²) in [5, 5.41) is 6.70. The Hall–Kier alpha value is -2.17. The Bertz CT molecular complexity index is 563. The van der Waals surface area contributed by atoms with Crippen molar-refractivity contribution in [1.29, 1.82) is 0 Å². The number of nitrogens with one attached hydrogen (secondary N) is 1. The summed E-state index contributed by atoms with van der Waals surface area (Å²) in [4.78, 5) is 11.6. The Balaban J connectivity index is 2.57. The van der Waals surface area contributed by atoms with Gasteiger partial charge >= 0.3 is 5.97 Å². The van der Waals surface area contributed by atoms with Crippen LogP contribution >= 0.6 is 0 Å². The number of aromatic amines is 1. The third-order valence-corrected chi connectivity index (χ3v) is 2.43. The highest BCUT2D eigenvalue weighted by molar-refractivity contribution is 5.97. The van der Waals surface area contributed by atoms with Crippen LogP contribution in [0.25, 0.3) is 11.3 Å². The quantitative estimate of drug-likeness (QED) is 0.811. The van der Waals surface area contributed by atoms with Crippen molar-refractivity contribution in [2.24, 2.45) is 0 Å². The summed E-state index contributed by atoms with van der Waals surface area (Å²) < 4.78 is 17.8. The Morgan fingerprint density at radius 3 is 2.88 bits per heavy atom. The minimum atomic E-state index is -0.490. The molecule has 1 aromatic carbocycles. The normalized spacial score (nSPS) is 10.3. The molecular formula is C12H11FN2O2. The molecule has 0 fully saturated rings. The number of esters is 1. The molecule has 2 aromatic rings. The van der Waals surface area contributed by atoms with E-state index in [1.165, 1.54) is 19.2 Å². The number of ether oxygens (including phenoxy) is 1. The van der Waals surface area contributed by atoms with Gasteiger partial charge in [-0.2, -0.15) is 5.10 Å². The molecule has 0 atom stereocenters. The van der Waals surface area contributed by atoms with E-state index in [1.54, 1.807) is 19.1 Å². The average Bonchev–Trinajstić information content (AvgIpc) is 2.70. The monoisotopic (exact) mass is 234 g/mol. The van der Waals surface area contributed by atoms with E-state index in [0.29, 0.717) is 22.5 Å². The molecule has 17 heavy (non-hydrogen) atoms. The van der Waals surface area contributed by atoms with Gasteiger partial charge in [-0.25, -0.2) is 9.18 Å². The molecule has 0 radical (unpaired) electrons. The largest absolute Gasteiger partial charge is 0.465 e. The molecule has 1 N–H and O–H groups in total. The van der Waals surface area contributed by atoms with Gasteiger partial charge in [0.2, 0.25) is 0 Å². The number of rotatable bonds is 2. The van der Waals surface area contributed by atoms with Gasteiger partial charge < -0.3 is 4.74 Å². The van der Waals surface area contributed by atoms with E-state index in [0.717, 1.165) is 0 Å². The van der Waals surface area contributed by atoms with Crippen molar-refractivity contribution in [2.75, 3.05) is 7.11 Å². The zero-order valence-corrected chi connectivity index (χ0v) is 9.45. The van der Waals surface area contributed by atoms with Crippen LogP contribution in [0.4, 0.5) is 4.39 Å². The number of carbonyl (C=O) groups is 1. The summed E-state index contributed by atoms with van der Waals surface area (Å²) in [7, 11) is 1.30. The molecule has 4 nitrogen and oxygen atoms in total. The molecule has 0 saturated carbocycles. The van der Waals surface area contributed by atoms with Crippen LogP contribution in [-0.4, -0.2) is 23.3 Å². The molecule has 2 rings (SSSR count). The highest BCUT2D eigenvalue weighted by Crippen LogP contribution is 2.24. The fourth-order valence-corrected chi connectivity index (χ4v) is 1.63. The number of aryl methyl sites for hydroxylation is 1. The smallest absolute Gasteiger partial charge is 0.341 e. The Morgan fingerprint density at radius 1 is 1.47 bits per heavy atom. The molecule has 5 heteroatoms. The fraction of sp³-hybridized carbons (Fsp3) is 0.167. The van der Waals surface area contributed by atoms with Crippen LogP contribution in [-0.2, 0) is 4.74 Å². The third kappa shape index (κ3) is 2.04. The van der Waals surface area contributed by atoms with Crippen LogP contribution in [0.15, 0.2) is 24.3 Å². The summed E-state index contributed by atoms with van der Waals surface area (Å²) >= 11 is 0. The molecule has 1 heterocycles. The number of carbonyl (C=O) groups excluding carboxylic acids is 1. The number of methoxy groups -OCH3 is 1. The van der Waals surface area contributed by atoms with Gasteiger partial charge in [-0.05, 0) is 19.1 Å². The standard InChI is InChI=1S/C12H11FN2O2/c1-7-10(12(16)17-2)11(15-14-7)8-4-3-5-9(13)6-8/h3-6H,1-2H3,(H,14,15). The lowest BCUT2D eigenvalue weighted by Crippen LogP contribution is -2.03. The first-order valence-electron chi connectivity index (χ1n) is 5.02. The molecule has 0 amide bonds. The van der Waals surface area contributed by atoms with E-state index in [2.05, 4.69) is 14.9 Å². The predicted octanol–water partition coefficient (Wildman–Crippen LogP) is 2.31. The Kier molecular flexibility index (Phi) is 2.91. The fourth-order valence-electron chi connectivity index (χ4n) is 1.63. The van der Waals surface area contributed by atoms with Crippen LogP contribution in [0.1, 0.15) is 16.1 Å². The first-order chi connectivity index (χ1) is 8.13. The number of halogens is 1. The van der Waals surface area contributed by atoms with Gasteiger partial charge in [0.15, 0.2) is 0 Å². The van der Waals surface area contributed by atoms with E-state index < -0.39 is 5.97 Å². The molecule has 0 aliphatic carbocycles. The highest BCUT2D eigenvalue weighted by Gasteiger charge is 2.19. The lowest BCUT2D eigenvalue weighted by Gasteiger charge is -2.02. The van der Waals surface area contributed by atoms with Crippen LogP contribution in [0.5, 0.6) is 0 Å². The molecule has 0 bridgehead atoms. The average molecular weight is 234 g/mol. The topological polar surface area (TPSA) is 55.0 Å². The highest BCUT2D eigenvalue weighted by atomic mass is 19.1. The molecule has 0 saturated heterocycles. The second-order valence-electron chi connectivity index (χ2n) is 3.57. The van der Waals surface area contributed by atoms with E-state index in [-0.39, 0.29) is 5.82 Å². The SMILES string of the molecule is COC(=O)c1c(-c2cccc(F)c2)n[nH]c1C. The summed E-state index contributed by atoms with van der Waals surface area (Å²) in [6.07, 6.45) is 0. The lowest BCUT2D eigenvalue weighted by atomic mass is 10.1. The molecule has 0 spiro atoms. The number of hydrogen-bond donors (Lipinski definition) is 1. The Labute approximate surface area is 97.4 Å². The Morgan fingerprint density at radius 2 is 2.24 bits per heavy atom. The van der Waals surface area contributed by atoms with E-state index in [9.17, 15) is 9.18 Å². The minimum absolute atomic E-state index is 0.332. The summed E-state index contributed by atoms with van der Waals surface area (Å²) in [6, 6.07) is 5.91. The third-order valence-electron chi connectivity index (χ3n) is 2.43. The summed E-state index contributed by atoms with van der Waals surface area (Å²) in [6.45, 7) is 1.71. The maximum atomic E-state index is 13.1. The van der Waals surface area contributed by atoms with Crippen molar-refractivity contribution in [1.82, 2.24) is 10.2 Å². The van der Waals surface area contributed by atoms with Gasteiger partial charge in [-0.15, -0.1) is 0 Å². The number of aromatic nitrogens is 2. The second kappa shape index (κ2) is 4.37. The molecule has 0 aliphatic rings. The van der Waals surface area contributed by atoms with Gasteiger partial charge in [0.1, 0.15) is 17.1 Å². The van der Waals surface area contributed by atoms with Crippen molar-refractivity contribution in [3.05, 3.63) is 41.3 Å². The summed E-state index contributed by atoms with van der Waals surface area (Å²) in [5.74, 6) is -0.866. The van der Waals surface area contributed by atoms with Crippen LogP contribution in [0.3, 0.4) is 0 Å². The van der Waals surface area contributed by atoms with Gasteiger partial charge in [0.25, 0.3) is 0 Å². The molecule has 0 aliphatic heterocycles. The van der Waals surface area contributed by atoms with Gasteiger partial charge in [-0.3, -0.25) is 5.10 Å². The van der Waals surface area contributed by atoms with Crippen LogP contribution in [0, 0.1) is 12.7 Å². The molecule has 1 aromatic heterocycles. The number of H-pyrrole nitrogens is 1. The first-order valence-corrected chi connectivity index (χ1v) is 5.02. The van der Waals surface area contributed by atoms with Crippen molar-refractivity contribution < 1.29 is 13.9 Å². The molecule has 0 unspecified atom stereocenters. The van der Waals surface area contributed by atoms with Crippen molar-refractivity contribution >= 4 is 5.97 Å². The number of benzene rings is 1. The number of hydrogen-bond acceptors (Lipinski definition) is 3. The van der Waals surface area contributed by atoms with Gasteiger partial charge in [0.05, 0.1) is 7.11 Å². The number of nitrogens with zero attached hydrogens (tertiary/aromatic N) is 1. The van der Waals surface area contributed by atoms with E-state index in [4.69, 9.17) is 0 Å². The summed E-state index contributed by atoms with van der Waals surface area (Å²) in [5.41, 5.74) is 1.86. The van der Waals surface area contributed by atoms with Gasteiger partial charge in [-0.1, -0.05) is 12.1 Å². The van der Waals surface area contributed by atoms with Crippen molar-refractivity contribution in [3.63, 3.8) is 0 Å². The second-order valence-corrected chi connectivity index (χ2v) is 3.57. The van der Waals surface area contributed by atoms with E-state index >= 15 is 0 Å². The maximum Gasteiger partial charge on any atom is 0.341 e.